The summed E-state index contributed by atoms with van der Waals surface area (Å²) in [5, 5.41) is 11.1. The van der Waals surface area contributed by atoms with Gasteiger partial charge in [0.1, 0.15) is 6.61 Å². The number of nitrogens with zero attached hydrogens (tertiary/aromatic N) is 1. The van der Waals surface area contributed by atoms with Crippen molar-refractivity contribution in [2.75, 3.05) is 13.1 Å². The number of rotatable bonds is 2. The third kappa shape index (κ3) is 2.72. The Morgan fingerprint density at radius 1 is 1.33 bits per heavy atom. The van der Waals surface area contributed by atoms with Crippen molar-refractivity contribution in [2.24, 2.45) is 5.41 Å². The number of amides is 1. The van der Waals surface area contributed by atoms with Crippen molar-refractivity contribution in [3.8, 4) is 0 Å². The Balaban J connectivity index is 2.20. The van der Waals surface area contributed by atoms with Crippen LogP contribution in [-0.2, 0) is 11.7 Å². The maximum Gasteiger partial charge on any atom is 0.254 e. The summed E-state index contributed by atoms with van der Waals surface area (Å²) in [7, 11) is 0. The van der Waals surface area contributed by atoms with Crippen molar-refractivity contribution in [1.82, 2.24) is 4.90 Å². The quantitative estimate of drug-likeness (QED) is 0.791. The number of hydrogen-bond acceptors (Lipinski definition) is 1. The van der Waals surface area contributed by atoms with Crippen LogP contribution in [0.1, 0.15) is 42.6 Å². The van der Waals surface area contributed by atoms with Crippen LogP contribution in [-0.4, -0.2) is 23.9 Å². The largest absolute Gasteiger partial charge is 0.338 e. The van der Waals surface area contributed by atoms with Gasteiger partial charge in [0.05, 0.1) is 0 Å². The molecule has 1 heterocycles. The summed E-state index contributed by atoms with van der Waals surface area (Å²) < 4.78 is 0. The molecule has 0 N–H and O–H groups in total. The van der Waals surface area contributed by atoms with Gasteiger partial charge in [0.15, 0.2) is 0 Å². The lowest BCUT2D eigenvalue weighted by molar-refractivity contribution is 0.0578. The van der Waals surface area contributed by atoms with Gasteiger partial charge in [0, 0.05) is 18.7 Å². The molecule has 0 saturated carbocycles. The van der Waals surface area contributed by atoms with Gasteiger partial charge >= 0.3 is 0 Å². The zero-order valence-corrected chi connectivity index (χ0v) is 11.1. The number of hydrogen-bond donors (Lipinski definition) is 0. The molecule has 1 fully saturated rings. The first-order valence-electron chi connectivity index (χ1n) is 6.49. The molecule has 2 rings (SSSR count). The third-order valence-electron chi connectivity index (χ3n) is 3.59. The van der Waals surface area contributed by atoms with Gasteiger partial charge in [0.2, 0.25) is 0 Å². The molecule has 1 amide bonds. The zero-order chi connectivity index (χ0) is 13.2. The highest BCUT2D eigenvalue weighted by atomic mass is 16.3. The molecule has 97 valence electrons. The highest BCUT2D eigenvalue weighted by Crippen LogP contribution is 2.29. The Morgan fingerprint density at radius 2 is 2.06 bits per heavy atom. The third-order valence-corrected chi connectivity index (χ3v) is 3.59. The van der Waals surface area contributed by atoms with Crippen LogP contribution in [0.25, 0.3) is 0 Å². The van der Waals surface area contributed by atoms with Crippen molar-refractivity contribution in [3.05, 3.63) is 35.4 Å². The second-order valence-electron chi connectivity index (χ2n) is 5.80. The molecule has 18 heavy (non-hydrogen) atoms. The normalized spacial score (nSPS) is 18.7. The minimum atomic E-state index is -0.334. The number of likely N-dealkylation sites (tertiary alicyclic amines) is 1. The van der Waals surface area contributed by atoms with E-state index in [1.54, 1.807) is 12.1 Å². The van der Waals surface area contributed by atoms with E-state index in [-0.39, 0.29) is 17.9 Å². The van der Waals surface area contributed by atoms with E-state index in [0.29, 0.717) is 11.1 Å². The molecule has 0 bridgehead atoms. The molecule has 1 aliphatic heterocycles. The maximum atomic E-state index is 12.5. The SMILES string of the molecule is CC1(C)CCCN(C(=O)c2ccccc2C[O])C1. The number of carbonyl (C=O) groups is 1. The van der Waals surface area contributed by atoms with Gasteiger partial charge in [-0.25, -0.2) is 5.11 Å². The summed E-state index contributed by atoms with van der Waals surface area (Å²) in [6.45, 7) is 5.62. The Kier molecular flexibility index (Phi) is 3.71. The summed E-state index contributed by atoms with van der Waals surface area (Å²) in [6, 6.07) is 7.14. The number of carbonyl (C=O) groups excluding carboxylic acids is 1. The van der Waals surface area contributed by atoms with Gasteiger partial charge in [-0.15, -0.1) is 0 Å². The van der Waals surface area contributed by atoms with Crippen LogP contribution in [0.5, 0.6) is 0 Å². The Morgan fingerprint density at radius 3 is 2.72 bits per heavy atom. The highest BCUT2D eigenvalue weighted by molar-refractivity contribution is 5.95. The van der Waals surface area contributed by atoms with E-state index in [0.717, 1.165) is 25.9 Å². The van der Waals surface area contributed by atoms with Crippen LogP contribution >= 0.6 is 0 Å². The van der Waals surface area contributed by atoms with Crippen LogP contribution in [0.15, 0.2) is 24.3 Å². The lowest BCUT2D eigenvalue weighted by atomic mass is 9.84. The van der Waals surface area contributed by atoms with Crippen molar-refractivity contribution in [3.63, 3.8) is 0 Å². The molecule has 0 atom stereocenters. The van der Waals surface area contributed by atoms with Gasteiger partial charge < -0.3 is 4.90 Å². The first-order chi connectivity index (χ1) is 8.53. The second kappa shape index (κ2) is 5.11. The van der Waals surface area contributed by atoms with Crippen molar-refractivity contribution in [1.29, 1.82) is 0 Å². The Labute approximate surface area is 108 Å². The van der Waals surface area contributed by atoms with E-state index < -0.39 is 0 Å². The van der Waals surface area contributed by atoms with Crippen LogP contribution in [0, 0.1) is 5.41 Å². The minimum Gasteiger partial charge on any atom is -0.338 e. The summed E-state index contributed by atoms with van der Waals surface area (Å²) in [5.74, 6) is 0.00854. The van der Waals surface area contributed by atoms with E-state index >= 15 is 0 Å². The average Bonchev–Trinajstić information content (AvgIpc) is 2.36. The monoisotopic (exact) mass is 246 g/mol. The van der Waals surface area contributed by atoms with E-state index in [4.69, 9.17) is 0 Å². The molecule has 3 heteroatoms. The van der Waals surface area contributed by atoms with Crippen LogP contribution in [0.3, 0.4) is 0 Å². The van der Waals surface area contributed by atoms with Crippen molar-refractivity contribution in [2.45, 2.75) is 33.3 Å². The van der Waals surface area contributed by atoms with Crippen molar-refractivity contribution >= 4 is 5.91 Å². The van der Waals surface area contributed by atoms with Crippen LogP contribution < -0.4 is 0 Å². The predicted molar refractivity (Wildman–Crippen MR) is 69.8 cm³/mol. The lowest BCUT2D eigenvalue weighted by Crippen LogP contribution is -2.43. The molecule has 0 aliphatic carbocycles. The molecule has 0 spiro atoms. The van der Waals surface area contributed by atoms with Gasteiger partial charge in [-0.2, -0.15) is 0 Å². The average molecular weight is 246 g/mol. The second-order valence-corrected chi connectivity index (χ2v) is 5.80. The molecule has 1 saturated heterocycles. The molecule has 0 aromatic heterocycles. The topological polar surface area (TPSA) is 40.2 Å². The molecule has 1 radical (unpaired) electrons. The fourth-order valence-corrected chi connectivity index (χ4v) is 2.62. The molecule has 1 aromatic carbocycles. The lowest BCUT2D eigenvalue weighted by Gasteiger charge is -2.38. The minimum absolute atomic E-state index is 0.00854. The van der Waals surface area contributed by atoms with E-state index in [9.17, 15) is 9.90 Å². The van der Waals surface area contributed by atoms with E-state index in [1.165, 1.54) is 0 Å². The fourth-order valence-electron chi connectivity index (χ4n) is 2.62. The molecule has 1 aromatic rings. The maximum absolute atomic E-state index is 12.5. The number of piperidine rings is 1. The van der Waals surface area contributed by atoms with Gasteiger partial charge in [-0.3, -0.25) is 4.79 Å². The summed E-state index contributed by atoms with van der Waals surface area (Å²) in [4.78, 5) is 14.3. The number of benzene rings is 1. The van der Waals surface area contributed by atoms with Gasteiger partial charge in [-0.1, -0.05) is 32.0 Å². The molecule has 0 unspecified atom stereocenters. The predicted octanol–water partition coefficient (Wildman–Crippen LogP) is 2.88. The highest BCUT2D eigenvalue weighted by Gasteiger charge is 2.30. The zero-order valence-electron chi connectivity index (χ0n) is 11.1. The molecule has 1 aliphatic rings. The summed E-state index contributed by atoms with van der Waals surface area (Å²) in [6.07, 6.45) is 2.19. The van der Waals surface area contributed by atoms with Gasteiger partial charge in [0.25, 0.3) is 5.91 Å². The molecular weight excluding hydrogens is 226 g/mol. The summed E-state index contributed by atoms with van der Waals surface area (Å²) >= 11 is 0. The Bertz CT molecular complexity index is 440. The van der Waals surface area contributed by atoms with Crippen LogP contribution in [0.2, 0.25) is 0 Å². The fraction of sp³-hybridized carbons (Fsp3) is 0.533. The summed E-state index contributed by atoms with van der Waals surface area (Å²) in [5.41, 5.74) is 1.36. The smallest absolute Gasteiger partial charge is 0.254 e. The molecular formula is C15H20NO2. The van der Waals surface area contributed by atoms with E-state index in [2.05, 4.69) is 13.8 Å². The molecule has 3 nitrogen and oxygen atoms in total. The Hall–Kier alpha value is -1.35. The first kappa shape index (κ1) is 13.1. The van der Waals surface area contributed by atoms with Gasteiger partial charge in [-0.05, 0) is 29.9 Å². The van der Waals surface area contributed by atoms with Crippen LogP contribution in [0.4, 0.5) is 0 Å². The first-order valence-corrected chi connectivity index (χ1v) is 6.49. The van der Waals surface area contributed by atoms with Crippen molar-refractivity contribution < 1.29 is 9.90 Å². The van der Waals surface area contributed by atoms with E-state index in [1.807, 2.05) is 17.0 Å². The standard InChI is InChI=1S/C15H20NO2/c1-15(2)8-5-9-16(11-15)14(18)13-7-4-3-6-12(13)10-17/h3-4,6-7H,5,8-11H2,1-2H3.